The van der Waals surface area contributed by atoms with Gasteiger partial charge in [0.25, 0.3) is 5.56 Å². The molecule has 0 atom stereocenters. The summed E-state index contributed by atoms with van der Waals surface area (Å²) < 4.78 is 0. The van der Waals surface area contributed by atoms with Crippen LogP contribution >= 0.6 is 0 Å². The van der Waals surface area contributed by atoms with Crippen LogP contribution in [0.5, 0.6) is 0 Å². The molecule has 1 amide bonds. The van der Waals surface area contributed by atoms with Gasteiger partial charge in [-0.15, -0.1) is 0 Å². The first-order chi connectivity index (χ1) is 11.6. The van der Waals surface area contributed by atoms with Crippen LogP contribution in [0.3, 0.4) is 0 Å². The molecular weight excluding hydrogens is 306 g/mol. The van der Waals surface area contributed by atoms with Gasteiger partial charge in [-0.25, -0.2) is 4.98 Å². The van der Waals surface area contributed by atoms with Crippen LogP contribution in [-0.2, 0) is 10.3 Å². The van der Waals surface area contributed by atoms with Gasteiger partial charge in [0.05, 0.1) is 22.5 Å². The number of H-pyrrole nitrogens is 1. The summed E-state index contributed by atoms with van der Waals surface area (Å²) in [6.07, 6.45) is 5.65. The second-order valence-electron chi connectivity index (χ2n) is 5.94. The van der Waals surface area contributed by atoms with Crippen LogP contribution in [0, 0.1) is 0 Å². The molecule has 120 valence electrons. The average molecular weight is 321 g/mol. The highest BCUT2D eigenvalue weighted by Gasteiger charge is 2.45. The summed E-state index contributed by atoms with van der Waals surface area (Å²) in [5, 5.41) is 4.40. The first-order valence-corrected chi connectivity index (χ1v) is 7.59. The number of carbonyl (C=O) groups is 1. The number of hydrogen-bond acceptors (Lipinski definition) is 5. The molecule has 3 heterocycles. The zero-order valence-electron chi connectivity index (χ0n) is 12.7. The Morgan fingerprint density at radius 3 is 2.88 bits per heavy atom. The first kappa shape index (κ1) is 14.4. The van der Waals surface area contributed by atoms with Gasteiger partial charge in [-0.05, 0) is 42.5 Å². The number of fused-ring (bicyclic) bond motifs is 1. The molecule has 7 nitrogen and oxygen atoms in total. The Labute approximate surface area is 136 Å². The molecule has 1 saturated carbocycles. The van der Waals surface area contributed by atoms with Crippen molar-refractivity contribution < 1.29 is 4.79 Å². The van der Waals surface area contributed by atoms with Crippen LogP contribution in [0.2, 0.25) is 0 Å². The molecule has 0 radical (unpaired) electrons. The predicted octanol–water partition coefficient (Wildman–Crippen LogP) is 1.30. The molecule has 4 rings (SSSR count). The number of amides is 1. The molecule has 3 aromatic heterocycles. The third-order valence-corrected chi connectivity index (χ3v) is 4.41. The number of anilines is 1. The SMILES string of the molecule is Nc1nc(-c2ccc[nH]c2=O)cc2cc(C3(NC=O)CC3)ncc12. The van der Waals surface area contributed by atoms with E-state index in [1.165, 1.54) is 0 Å². The van der Waals surface area contributed by atoms with Crippen molar-refractivity contribution in [2.45, 2.75) is 18.4 Å². The number of nitrogens with zero attached hydrogens (tertiary/aromatic N) is 2. The number of aromatic nitrogens is 3. The fourth-order valence-corrected chi connectivity index (χ4v) is 2.91. The summed E-state index contributed by atoms with van der Waals surface area (Å²) in [6.45, 7) is 0. The molecule has 1 aliphatic carbocycles. The third kappa shape index (κ3) is 2.21. The quantitative estimate of drug-likeness (QED) is 0.627. The van der Waals surface area contributed by atoms with Crippen molar-refractivity contribution in [1.82, 2.24) is 20.3 Å². The number of aromatic amines is 1. The number of carbonyl (C=O) groups excluding carboxylic acids is 1. The van der Waals surface area contributed by atoms with E-state index in [0.717, 1.165) is 29.3 Å². The fraction of sp³-hybridized carbons (Fsp3) is 0.176. The molecular formula is C17H15N5O2. The van der Waals surface area contributed by atoms with Crippen molar-refractivity contribution in [2.75, 3.05) is 5.73 Å². The summed E-state index contributed by atoms with van der Waals surface area (Å²) in [6, 6.07) is 7.16. The lowest BCUT2D eigenvalue weighted by Crippen LogP contribution is -2.28. The van der Waals surface area contributed by atoms with E-state index in [1.54, 1.807) is 24.5 Å². The molecule has 0 bridgehead atoms. The van der Waals surface area contributed by atoms with E-state index in [2.05, 4.69) is 20.3 Å². The predicted molar refractivity (Wildman–Crippen MR) is 90.1 cm³/mol. The summed E-state index contributed by atoms with van der Waals surface area (Å²) >= 11 is 0. The molecule has 7 heteroatoms. The highest BCUT2D eigenvalue weighted by atomic mass is 16.1. The van der Waals surface area contributed by atoms with E-state index in [4.69, 9.17) is 5.73 Å². The van der Waals surface area contributed by atoms with Gasteiger partial charge < -0.3 is 16.0 Å². The van der Waals surface area contributed by atoms with Crippen LogP contribution in [0.1, 0.15) is 18.5 Å². The lowest BCUT2D eigenvalue weighted by atomic mass is 10.1. The van der Waals surface area contributed by atoms with Crippen molar-refractivity contribution in [1.29, 1.82) is 0 Å². The van der Waals surface area contributed by atoms with E-state index in [1.807, 2.05) is 12.1 Å². The lowest BCUT2D eigenvalue weighted by molar-refractivity contribution is -0.110. The Morgan fingerprint density at radius 1 is 1.33 bits per heavy atom. The molecule has 0 saturated heterocycles. The zero-order chi connectivity index (χ0) is 16.7. The van der Waals surface area contributed by atoms with Gasteiger partial charge in [0.2, 0.25) is 6.41 Å². The van der Waals surface area contributed by atoms with Crippen molar-refractivity contribution in [3.05, 3.63) is 52.7 Å². The zero-order valence-corrected chi connectivity index (χ0v) is 12.7. The van der Waals surface area contributed by atoms with E-state index >= 15 is 0 Å². The molecule has 4 N–H and O–H groups in total. The van der Waals surface area contributed by atoms with Crippen molar-refractivity contribution in [2.24, 2.45) is 0 Å². The van der Waals surface area contributed by atoms with Gasteiger partial charge in [-0.3, -0.25) is 14.6 Å². The molecule has 1 aliphatic rings. The number of nitrogens with one attached hydrogen (secondary N) is 2. The molecule has 0 aromatic carbocycles. The minimum atomic E-state index is -0.377. The standard InChI is InChI=1S/C17H15N5O2/c18-15-12-8-20-14(17(3-4-17)21-9-23)7-10(12)6-13(22-15)11-2-1-5-19-16(11)24/h1-2,5-9H,3-4H2,(H2,18,22)(H,19,24)(H,21,23). The van der Waals surface area contributed by atoms with Crippen LogP contribution in [0.25, 0.3) is 22.0 Å². The third-order valence-electron chi connectivity index (χ3n) is 4.41. The van der Waals surface area contributed by atoms with Gasteiger partial charge in [0, 0.05) is 17.8 Å². The maximum absolute atomic E-state index is 12.0. The highest BCUT2D eigenvalue weighted by Crippen LogP contribution is 2.45. The van der Waals surface area contributed by atoms with Gasteiger partial charge in [0.15, 0.2) is 0 Å². The maximum Gasteiger partial charge on any atom is 0.257 e. The maximum atomic E-state index is 12.0. The summed E-state index contributed by atoms with van der Waals surface area (Å²) in [7, 11) is 0. The van der Waals surface area contributed by atoms with E-state index in [0.29, 0.717) is 23.5 Å². The average Bonchev–Trinajstić information content (AvgIpc) is 3.36. The van der Waals surface area contributed by atoms with Crippen LogP contribution in [-0.4, -0.2) is 21.4 Å². The Hall–Kier alpha value is -3.22. The number of pyridine rings is 3. The van der Waals surface area contributed by atoms with Crippen LogP contribution < -0.4 is 16.6 Å². The minimum absolute atomic E-state index is 0.223. The summed E-state index contributed by atoms with van der Waals surface area (Å²) in [4.78, 5) is 34.2. The van der Waals surface area contributed by atoms with Crippen molar-refractivity contribution in [3.63, 3.8) is 0 Å². The number of rotatable bonds is 4. The Morgan fingerprint density at radius 2 is 2.17 bits per heavy atom. The van der Waals surface area contributed by atoms with Crippen LogP contribution in [0.15, 0.2) is 41.5 Å². The van der Waals surface area contributed by atoms with Gasteiger partial charge >= 0.3 is 0 Å². The smallest absolute Gasteiger partial charge is 0.257 e. The topological polar surface area (TPSA) is 114 Å². The molecule has 1 fully saturated rings. The lowest BCUT2D eigenvalue weighted by Gasteiger charge is -2.14. The van der Waals surface area contributed by atoms with Gasteiger partial charge in [-0.2, -0.15) is 0 Å². The monoisotopic (exact) mass is 321 g/mol. The normalized spacial score (nSPS) is 15.2. The van der Waals surface area contributed by atoms with Crippen molar-refractivity contribution >= 4 is 23.0 Å². The number of nitrogens with two attached hydrogens (primary N) is 1. The molecule has 0 spiro atoms. The first-order valence-electron chi connectivity index (χ1n) is 7.59. The Kier molecular flexibility index (Phi) is 3.09. The second kappa shape index (κ2) is 5.16. The van der Waals surface area contributed by atoms with Gasteiger partial charge in [0.1, 0.15) is 5.82 Å². The van der Waals surface area contributed by atoms with Gasteiger partial charge in [-0.1, -0.05) is 0 Å². The molecule has 24 heavy (non-hydrogen) atoms. The van der Waals surface area contributed by atoms with E-state index < -0.39 is 0 Å². The Bertz CT molecular complexity index is 1010. The molecule has 0 aliphatic heterocycles. The van der Waals surface area contributed by atoms with E-state index in [-0.39, 0.29) is 11.1 Å². The minimum Gasteiger partial charge on any atom is -0.383 e. The van der Waals surface area contributed by atoms with E-state index in [9.17, 15) is 9.59 Å². The highest BCUT2D eigenvalue weighted by molar-refractivity contribution is 5.93. The molecule has 0 unspecified atom stereocenters. The number of hydrogen-bond donors (Lipinski definition) is 3. The molecule has 3 aromatic rings. The Balaban J connectivity index is 1.89. The second-order valence-corrected chi connectivity index (χ2v) is 5.94. The number of nitrogen functional groups attached to an aromatic ring is 1. The van der Waals surface area contributed by atoms with Crippen LogP contribution in [0.4, 0.5) is 5.82 Å². The van der Waals surface area contributed by atoms with Crippen molar-refractivity contribution in [3.8, 4) is 11.3 Å². The summed E-state index contributed by atoms with van der Waals surface area (Å²) in [5.74, 6) is 0.318. The fourth-order valence-electron chi connectivity index (χ4n) is 2.91. The largest absolute Gasteiger partial charge is 0.383 e. The summed E-state index contributed by atoms with van der Waals surface area (Å²) in [5.41, 5.74) is 7.20.